The molecular formula is C19H36IN5O. The molecule has 1 fully saturated rings. The normalized spacial score (nSPS) is 18.0. The topological polar surface area (TPSA) is 56.0 Å². The summed E-state index contributed by atoms with van der Waals surface area (Å²) in [4.78, 5) is 9.51. The summed E-state index contributed by atoms with van der Waals surface area (Å²) >= 11 is 0. The molecule has 0 bridgehead atoms. The van der Waals surface area contributed by atoms with Gasteiger partial charge in [0.2, 0.25) is 0 Å². The van der Waals surface area contributed by atoms with Crippen molar-refractivity contribution in [2.75, 3.05) is 40.3 Å². The number of halogens is 1. The lowest BCUT2D eigenvalue weighted by Gasteiger charge is -2.35. The van der Waals surface area contributed by atoms with Crippen LogP contribution in [0.5, 0.6) is 0 Å². The minimum atomic E-state index is 0. The highest BCUT2D eigenvalue weighted by Crippen LogP contribution is 2.19. The van der Waals surface area contributed by atoms with Crippen LogP contribution >= 0.6 is 24.0 Å². The summed E-state index contributed by atoms with van der Waals surface area (Å²) in [5.41, 5.74) is 0. The molecule has 0 saturated carbocycles. The third-order valence-corrected chi connectivity index (χ3v) is 4.86. The fraction of sp³-hybridized carbons (Fsp3) is 0.737. The van der Waals surface area contributed by atoms with Crippen LogP contribution in [0.1, 0.15) is 45.4 Å². The number of piperidine rings is 1. The van der Waals surface area contributed by atoms with Crippen LogP contribution in [0.15, 0.2) is 27.8 Å². The summed E-state index contributed by atoms with van der Waals surface area (Å²) in [5, 5.41) is 7.00. The van der Waals surface area contributed by atoms with E-state index in [1.807, 2.05) is 12.1 Å². The first-order valence-corrected chi connectivity index (χ1v) is 9.50. The van der Waals surface area contributed by atoms with Crippen LogP contribution in [0, 0.1) is 0 Å². The Balaban J connectivity index is 0.00000338. The first kappa shape index (κ1) is 23.2. The van der Waals surface area contributed by atoms with Crippen molar-refractivity contribution in [1.29, 1.82) is 0 Å². The number of nitrogens with zero attached hydrogens (tertiary/aromatic N) is 3. The molecule has 1 atom stereocenters. The highest BCUT2D eigenvalue weighted by atomic mass is 127. The highest BCUT2D eigenvalue weighted by Gasteiger charge is 2.22. The Morgan fingerprint density at radius 3 is 2.54 bits per heavy atom. The molecule has 26 heavy (non-hydrogen) atoms. The van der Waals surface area contributed by atoms with E-state index >= 15 is 0 Å². The van der Waals surface area contributed by atoms with E-state index in [9.17, 15) is 0 Å². The SMILES string of the molecule is CCNC(=NCC(c1ccco1)N(C)C)NC1CCN(C(C)C)CC1.I. The van der Waals surface area contributed by atoms with Gasteiger partial charge in [-0.05, 0) is 59.8 Å². The maximum absolute atomic E-state index is 5.58. The molecule has 0 spiro atoms. The Morgan fingerprint density at radius 1 is 1.35 bits per heavy atom. The second-order valence-corrected chi connectivity index (χ2v) is 7.26. The lowest BCUT2D eigenvalue weighted by atomic mass is 10.0. The van der Waals surface area contributed by atoms with Crippen molar-refractivity contribution in [2.24, 2.45) is 4.99 Å². The predicted octanol–water partition coefficient (Wildman–Crippen LogP) is 2.93. The van der Waals surface area contributed by atoms with E-state index in [0.717, 1.165) is 44.2 Å². The van der Waals surface area contributed by atoms with E-state index in [4.69, 9.17) is 9.41 Å². The number of rotatable bonds is 7. The van der Waals surface area contributed by atoms with Crippen LogP contribution in [0.25, 0.3) is 0 Å². The lowest BCUT2D eigenvalue weighted by molar-refractivity contribution is 0.167. The maximum atomic E-state index is 5.58. The van der Waals surface area contributed by atoms with Crippen LogP contribution < -0.4 is 10.6 Å². The van der Waals surface area contributed by atoms with Gasteiger partial charge in [-0.3, -0.25) is 9.89 Å². The summed E-state index contributed by atoms with van der Waals surface area (Å²) < 4.78 is 5.58. The Labute approximate surface area is 175 Å². The molecule has 1 unspecified atom stereocenters. The molecule has 2 heterocycles. The van der Waals surface area contributed by atoms with Crippen LogP contribution in [0.3, 0.4) is 0 Å². The highest BCUT2D eigenvalue weighted by molar-refractivity contribution is 14.0. The minimum absolute atomic E-state index is 0. The van der Waals surface area contributed by atoms with Gasteiger partial charge in [0, 0.05) is 31.7 Å². The molecule has 7 heteroatoms. The quantitative estimate of drug-likeness (QED) is 0.360. The van der Waals surface area contributed by atoms with Crippen molar-refractivity contribution in [3.05, 3.63) is 24.2 Å². The molecule has 6 nitrogen and oxygen atoms in total. The van der Waals surface area contributed by atoms with Crippen molar-refractivity contribution in [3.63, 3.8) is 0 Å². The van der Waals surface area contributed by atoms with Gasteiger partial charge in [-0.15, -0.1) is 24.0 Å². The number of likely N-dealkylation sites (tertiary alicyclic amines) is 1. The lowest BCUT2D eigenvalue weighted by Crippen LogP contribution is -2.50. The molecule has 0 radical (unpaired) electrons. The van der Waals surface area contributed by atoms with Gasteiger partial charge in [0.15, 0.2) is 5.96 Å². The van der Waals surface area contributed by atoms with E-state index in [-0.39, 0.29) is 30.0 Å². The van der Waals surface area contributed by atoms with Gasteiger partial charge in [0.05, 0.1) is 18.8 Å². The zero-order valence-electron chi connectivity index (χ0n) is 16.9. The van der Waals surface area contributed by atoms with E-state index in [1.165, 1.54) is 0 Å². The molecular weight excluding hydrogens is 441 g/mol. The van der Waals surface area contributed by atoms with E-state index in [2.05, 4.69) is 55.3 Å². The van der Waals surface area contributed by atoms with E-state index < -0.39 is 0 Å². The van der Waals surface area contributed by atoms with Crippen molar-refractivity contribution in [1.82, 2.24) is 20.4 Å². The summed E-state index contributed by atoms with van der Waals surface area (Å²) in [6.45, 7) is 10.5. The molecule has 2 N–H and O–H groups in total. The van der Waals surface area contributed by atoms with Crippen molar-refractivity contribution < 1.29 is 4.42 Å². The third-order valence-electron chi connectivity index (χ3n) is 4.86. The van der Waals surface area contributed by atoms with Crippen molar-refractivity contribution in [2.45, 2.75) is 51.7 Å². The summed E-state index contributed by atoms with van der Waals surface area (Å²) in [7, 11) is 4.12. The Bertz CT molecular complexity index is 510. The summed E-state index contributed by atoms with van der Waals surface area (Å²) in [5.74, 6) is 1.86. The van der Waals surface area contributed by atoms with Gasteiger partial charge in [-0.1, -0.05) is 0 Å². The molecule has 0 amide bonds. The number of hydrogen-bond donors (Lipinski definition) is 2. The molecule has 1 aromatic rings. The van der Waals surface area contributed by atoms with E-state index in [1.54, 1.807) is 6.26 Å². The Morgan fingerprint density at radius 2 is 2.04 bits per heavy atom. The van der Waals surface area contributed by atoms with E-state index in [0.29, 0.717) is 18.6 Å². The molecule has 1 aliphatic rings. The standard InChI is InChI=1S/C19H35N5O.HI/c1-6-20-19(22-16-9-11-24(12-10-16)15(2)3)21-14-17(23(4)5)18-8-7-13-25-18;/h7-8,13,15-17H,6,9-12,14H2,1-5H3,(H2,20,21,22);1H. The van der Waals surface area contributed by atoms with Crippen LogP contribution in [0.4, 0.5) is 0 Å². The van der Waals surface area contributed by atoms with Crippen molar-refractivity contribution in [3.8, 4) is 0 Å². The average molecular weight is 477 g/mol. The number of furan rings is 1. The second-order valence-electron chi connectivity index (χ2n) is 7.26. The smallest absolute Gasteiger partial charge is 0.191 e. The van der Waals surface area contributed by atoms with Crippen LogP contribution in [0.2, 0.25) is 0 Å². The summed E-state index contributed by atoms with van der Waals surface area (Å²) in [6.07, 6.45) is 4.05. The van der Waals surface area contributed by atoms with Gasteiger partial charge in [-0.2, -0.15) is 0 Å². The van der Waals surface area contributed by atoms with Gasteiger partial charge < -0.3 is 20.0 Å². The van der Waals surface area contributed by atoms with Gasteiger partial charge >= 0.3 is 0 Å². The molecule has 0 aliphatic carbocycles. The molecule has 1 saturated heterocycles. The minimum Gasteiger partial charge on any atom is -0.468 e. The Hall–Kier alpha value is -0.800. The third kappa shape index (κ3) is 7.08. The molecule has 1 aliphatic heterocycles. The zero-order chi connectivity index (χ0) is 18.2. The van der Waals surface area contributed by atoms with Crippen LogP contribution in [-0.2, 0) is 0 Å². The number of guanidine groups is 1. The molecule has 150 valence electrons. The zero-order valence-corrected chi connectivity index (χ0v) is 19.2. The monoisotopic (exact) mass is 477 g/mol. The van der Waals surface area contributed by atoms with Gasteiger partial charge in [0.1, 0.15) is 5.76 Å². The summed E-state index contributed by atoms with van der Waals surface area (Å²) in [6, 6.07) is 5.23. The Kier molecular flexibility index (Phi) is 10.6. The van der Waals surface area contributed by atoms with Gasteiger partial charge in [-0.25, -0.2) is 0 Å². The fourth-order valence-electron chi connectivity index (χ4n) is 3.24. The number of likely N-dealkylation sites (N-methyl/N-ethyl adjacent to an activating group) is 1. The fourth-order valence-corrected chi connectivity index (χ4v) is 3.24. The first-order valence-electron chi connectivity index (χ1n) is 9.50. The second kappa shape index (κ2) is 11.8. The number of aliphatic imine (C=N–C) groups is 1. The number of hydrogen-bond acceptors (Lipinski definition) is 4. The van der Waals surface area contributed by atoms with Crippen LogP contribution in [-0.4, -0.2) is 68.1 Å². The number of nitrogens with one attached hydrogen (secondary N) is 2. The largest absolute Gasteiger partial charge is 0.468 e. The molecule has 0 aromatic carbocycles. The molecule has 1 aromatic heterocycles. The first-order chi connectivity index (χ1) is 12.0. The average Bonchev–Trinajstić information content (AvgIpc) is 3.09. The predicted molar refractivity (Wildman–Crippen MR) is 119 cm³/mol. The maximum Gasteiger partial charge on any atom is 0.191 e. The van der Waals surface area contributed by atoms with Gasteiger partial charge in [0.25, 0.3) is 0 Å². The molecule has 2 rings (SSSR count). The van der Waals surface area contributed by atoms with Crippen molar-refractivity contribution >= 4 is 29.9 Å².